The molecule has 1 aromatic heterocycles. The molecule has 1 nitrogen and oxygen atoms in total. The van der Waals surface area contributed by atoms with Gasteiger partial charge in [0.2, 0.25) is 0 Å². The normalized spacial score (nSPS) is 15.8. The number of pyridine rings is 1. The summed E-state index contributed by atoms with van der Waals surface area (Å²) in [6.07, 6.45) is 7.65. The molecule has 0 aliphatic heterocycles. The summed E-state index contributed by atoms with van der Waals surface area (Å²) in [5.41, 5.74) is 4.00. The lowest BCUT2D eigenvalue weighted by atomic mass is 9.95. The smallest absolute Gasteiger partial charge is 0.0799 e. The summed E-state index contributed by atoms with van der Waals surface area (Å²) in [6.45, 7) is 7.33. The Hall–Kier alpha value is -1.93. The summed E-state index contributed by atoms with van der Waals surface area (Å²) >= 11 is 0. The molecule has 1 heterocycles. The molecule has 1 fully saturated rings. The van der Waals surface area contributed by atoms with Gasteiger partial charge in [-0.25, -0.2) is 0 Å². The van der Waals surface area contributed by atoms with Crippen LogP contribution in [-0.2, 0) is 0 Å². The fourth-order valence-corrected chi connectivity index (χ4v) is 5.86. The highest BCUT2D eigenvalue weighted by Crippen LogP contribution is 2.36. The van der Waals surface area contributed by atoms with E-state index < -0.39 is 8.07 Å². The maximum absolute atomic E-state index is 4.93. The van der Waals surface area contributed by atoms with E-state index in [1.54, 1.807) is 10.8 Å². The molecule has 128 valence electrons. The van der Waals surface area contributed by atoms with E-state index in [-0.39, 0.29) is 0 Å². The third-order valence-electron chi connectivity index (χ3n) is 5.60. The summed E-state index contributed by atoms with van der Waals surface area (Å²) in [6, 6.07) is 17.6. The minimum Gasteiger partial charge on any atom is -0.256 e. The van der Waals surface area contributed by atoms with Gasteiger partial charge in [0.1, 0.15) is 0 Å². The molecule has 2 heteroatoms. The van der Waals surface area contributed by atoms with Gasteiger partial charge in [0.05, 0.1) is 13.8 Å². The first-order valence-corrected chi connectivity index (χ1v) is 13.0. The van der Waals surface area contributed by atoms with Crippen molar-refractivity contribution in [3.05, 3.63) is 60.3 Å². The van der Waals surface area contributed by atoms with Crippen LogP contribution in [0.3, 0.4) is 0 Å². The molecule has 0 atom stereocenters. The van der Waals surface area contributed by atoms with Crippen molar-refractivity contribution >= 4 is 24.0 Å². The lowest BCUT2D eigenvalue weighted by molar-refractivity contribution is 0.726. The van der Waals surface area contributed by atoms with E-state index in [1.165, 1.54) is 42.0 Å². The predicted octanol–water partition coefficient (Wildman–Crippen LogP) is 6.10. The number of benzene rings is 2. The molecule has 25 heavy (non-hydrogen) atoms. The fourth-order valence-electron chi connectivity index (χ4n) is 4.27. The van der Waals surface area contributed by atoms with Crippen LogP contribution in [0.4, 0.5) is 0 Å². The van der Waals surface area contributed by atoms with Crippen molar-refractivity contribution in [2.75, 3.05) is 0 Å². The molecule has 3 aromatic rings. The quantitative estimate of drug-likeness (QED) is 0.522. The number of hydrogen-bond acceptors (Lipinski definition) is 1. The molecule has 0 unspecified atom stereocenters. The summed E-state index contributed by atoms with van der Waals surface area (Å²) in [5.74, 6) is 0.735. The zero-order valence-corrected chi connectivity index (χ0v) is 16.5. The molecule has 1 aliphatic rings. The largest absolute Gasteiger partial charge is 0.256 e. The third kappa shape index (κ3) is 3.16. The van der Waals surface area contributed by atoms with Crippen molar-refractivity contribution in [2.24, 2.45) is 0 Å². The highest BCUT2D eigenvalue weighted by atomic mass is 28.3. The average Bonchev–Trinajstić information content (AvgIpc) is 3.14. The fraction of sp³-hybridized carbons (Fsp3) is 0.348. The Kier molecular flexibility index (Phi) is 4.24. The standard InChI is InChI=1S/C23H27NSi/c1-25(2,3)23-16-24-22(15-21(23)18-10-4-5-11-18)20-14-8-12-17-9-6-7-13-19(17)20/h6-9,12-16,18H,4-5,10-11H2,1-3H3. The maximum atomic E-state index is 4.93. The van der Waals surface area contributed by atoms with Gasteiger partial charge < -0.3 is 0 Å². The van der Waals surface area contributed by atoms with Crippen molar-refractivity contribution in [1.82, 2.24) is 4.98 Å². The van der Waals surface area contributed by atoms with E-state index in [4.69, 9.17) is 4.98 Å². The summed E-state index contributed by atoms with van der Waals surface area (Å²) < 4.78 is 0. The highest BCUT2D eigenvalue weighted by molar-refractivity contribution is 6.89. The first-order chi connectivity index (χ1) is 12.0. The second-order valence-electron chi connectivity index (χ2n) is 8.41. The van der Waals surface area contributed by atoms with E-state index in [0.29, 0.717) is 0 Å². The topological polar surface area (TPSA) is 12.9 Å². The van der Waals surface area contributed by atoms with Gasteiger partial charge in [-0.05, 0) is 46.3 Å². The molecule has 2 aromatic carbocycles. The number of rotatable bonds is 3. The monoisotopic (exact) mass is 345 g/mol. The van der Waals surface area contributed by atoms with Gasteiger partial charge in [-0.2, -0.15) is 0 Å². The predicted molar refractivity (Wildman–Crippen MR) is 111 cm³/mol. The van der Waals surface area contributed by atoms with E-state index in [2.05, 4.69) is 74.4 Å². The van der Waals surface area contributed by atoms with Crippen LogP contribution in [0.25, 0.3) is 22.0 Å². The summed E-state index contributed by atoms with van der Waals surface area (Å²) in [7, 11) is -1.39. The van der Waals surface area contributed by atoms with E-state index in [0.717, 1.165) is 11.6 Å². The van der Waals surface area contributed by atoms with Crippen molar-refractivity contribution < 1.29 is 0 Å². The Balaban J connectivity index is 1.89. The number of aromatic nitrogens is 1. The second-order valence-corrected chi connectivity index (χ2v) is 13.5. The zero-order valence-electron chi connectivity index (χ0n) is 15.5. The van der Waals surface area contributed by atoms with E-state index >= 15 is 0 Å². The Morgan fingerprint density at radius 2 is 1.64 bits per heavy atom. The van der Waals surface area contributed by atoms with Crippen molar-refractivity contribution in [1.29, 1.82) is 0 Å². The molecule has 1 aliphatic carbocycles. The Morgan fingerprint density at radius 3 is 2.40 bits per heavy atom. The van der Waals surface area contributed by atoms with Crippen LogP contribution in [0.2, 0.25) is 19.6 Å². The zero-order chi connectivity index (χ0) is 17.4. The molecule has 0 saturated heterocycles. The van der Waals surface area contributed by atoms with Crippen LogP contribution < -0.4 is 5.19 Å². The molecule has 0 spiro atoms. The number of nitrogens with zero attached hydrogens (tertiary/aromatic N) is 1. The molecule has 1 saturated carbocycles. The first-order valence-electron chi connectivity index (χ1n) is 9.52. The van der Waals surface area contributed by atoms with Gasteiger partial charge in [0.15, 0.2) is 0 Å². The van der Waals surface area contributed by atoms with Gasteiger partial charge >= 0.3 is 0 Å². The maximum Gasteiger partial charge on any atom is 0.0799 e. The van der Waals surface area contributed by atoms with Crippen LogP contribution in [0.5, 0.6) is 0 Å². The Labute approximate surface area is 152 Å². The second kappa shape index (κ2) is 6.42. The van der Waals surface area contributed by atoms with Crippen LogP contribution in [-0.4, -0.2) is 13.1 Å². The van der Waals surface area contributed by atoms with Gasteiger partial charge in [0.25, 0.3) is 0 Å². The van der Waals surface area contributed by atoms with E-state index in [9.17, 15) is 0 Å². The number of hydrogen-bond donors (Lipinski definition) is 0. The first kappa shape index (κ1) is 16.5. The van der Waals surface area contributed by atoms with Crippen LogP contribution in [0.15, 0.2) is 54.7 Å². The van der Waals surface area contributed by atoms with Gasteiger partial charge in [0, 0.05) is 11.8 Å². The molecular formula is C23H27NSi. The SMILES string of the molecule is C[Si](C)(C)c1cnc(-c2cccc3ccccc23)cc1C1CCCC1. The van der Waals surface area contributed by atoms with Crippen molar-refractivity contribution in [3.63, 3.8) is 0 Å². The van der Waals surface area contributed by atoms with Crippen LogP contribution >= 0.6 is 0 Å². The van der Waals surface area contributed by atoms with Crippen LogP contribution in [0, 0.1) is 0 Å². The van der Waals surface area contributed by atoms with Gasteiger partial charge in [-0.3, -0.25) is 4.98 Å². The lowest BCUT2D eigenvalue weighted by Gasteiger charge is -2.24. The molecule has 4 rings (SSSR count). The Morgan fingerprint density at radius 1 is 0.920 bits per heavy atom. The van der Waals surface area contributed by atoms with E-state index in [1.807, 2.05) is 0 Å². The average molecular weight is 346 g/mol. The molecule has 0 N–H and O–H groups in total. The Bertz CT molecular complexity index is 896. The third-order valence-corrected chi connectivity index (χ3v) is 7.64. The van der Waals surface area contributed by atoms with Crippen LogP contribution in [0.1, 0.15) is 37.2 Å². The van der Waals surface area contributed by atoms with Crippen molar-refractivity contribution in [2.45, 2.75) is 51.2 Å². The van der Waals surface area contributed by atoms with Crippen molar-refractivity contribution in [3.8, 4) is 11.3 Å². The lowest BCUT2D eigenvalue weighted by Crippen LogP contribution is -2.41. The molecular weight excluding hydrogens is 318 g/mol. The highest BCUT2D eigenvalue weighted by Gasteiger charge is 2.27. The van der Waals surface area contributed by atoms with Gasteiger partial charge in [-0.15, -0.1) is 0 Å². The minimum absolute atomic E-state index is 0.735. The molecule has 0 bridgehead atoms. The minimum atomic E-state index is -1.39. The summed E-state index contributed by atoms with van der Waals surface area (Å²) in [5, 5.41) is 4.15. The number of fused-ring (bicyclic) bond motifs is 1. The molecule has 0 amide bonds. The summed E-state index contributed by atoms with van der Waals surface area (Å²) in [4.78, 5) is 4.93. The molecule has 0 radical (unpaired) electrons. The van der Waals surface area contributed by atoms with Gasteiger partial charge in [-0.1, -0.05) is 74.9 Å².